The molecular formula is C12H22N2O4. The van der Waals surface area contributed by atoms with Crippen LogP contribution >= 0.6 is 0 Å². The van der Waals surface area contributed by atoms with Crippen molar-refractivity contribution in [3.05, 3.63) is 0 Å². The van der Waals surface area contributed by atoms with E-state index < -0.39 is 17.9 Å². The number of carbonyl (C=O) groups is 3. The minimum Gasteiger partial charge on any atom is -0.466 e. The number of nitrogens with one attached hydrogen (secondary N) is 1. The second kappa shape index (κ2) is 8.49. The summed E-state index contributed by atoms with van der Waals surface area (Å²) in [4.78, 5) is 33.8. The molecule has 0 aromatic carbocycles. The summed E-state index contributed by atoms with van der Waals surface area (Å²) < 4.78 is 4.70. The average Bonchev–Trinajstić information content (AvgIpc) is 2.32. The first kappa shape index (κ1) is 16.4. The lowest BCUT2D eigenvalue weighted by Gasteiger charge is -2.20. The van der Waals surface area contributed by atoms with Crippen LogP contribution in [-0.4, -0.2) is 30.4 Å². The highest BCUT2D eigenvalue weighted by Gasteiger charge is 2.23. The van der Waals surface area contributed by atoms with Crippen molar-refractivity contribution >= 4 is 17.8 Å². The van der Waals surface area contributed by atoms with Gasteiger partial charge < -0.3 is 15.8 Å². The minimum absolute atomic E-state index is 0.000945. The fraction of sp³-hybridized carbons (Fsp3) is 0.750. The van der Waals surface area contributed by atoms with Crippen LogP contribution in [0, 0.1) is 5.92 Å². The van der Waals surface area contributed by atoms with Gasteiger partial charge in [-0.3, -0.25) is 14.4 Å². The molecule has 0 saturated carbocycles. The first-order valence-corrected chi connectivity index (χ1v) is 6.16. The highest BCUT2D eigenvalue weighted by molar-refractivity contribution is 5.88. The maximum atomic E-state index is 11.6. The van der Waals surface area contributed by atoms with Crippen molar-refractivity contribution in [1.82, 2.24) is 5.32 Å². The smallest absolute Gasteiger partial charge is 0.306 e. The van der Waals surface area contributed by atoms with Crippen LogP contribution in [-0.2, 0) is 19.1 Å². The van der Waals surface area contributed by atoms with E-state index in [0.717, 1.165) is 6.42 Å². The van der Waals surface area contributed by atoms with Crippen LogP contribution in [0.5, 0.6) is 0 Å². The molecule has 0 aliphatic heterocycles. The van der Waals surface area contributed by atoms with Gasteiger partial charge in [-0.2, -0.15) is 0 Å². The lowest BCUT2D eigenvalue weighted by atomic mass is 9.98. The van der Waals surface area contributed by atoms with Crippen molar-refractivity contribution in [1.29, 1.82) is 0 Å². The zero-order chi connectivity index (χ0) is 14.1. The Balaban J connectivity index is 4.19. The number of esters is 1. The molecule has 0 aliphatic carbocycles. The van der Waals surface area contributed by atoms with Crippen LogP contribution in [0.4, 0.5) is 0 Å². The van der Waals surface area contributed by atoms with E-state index in [2.05, 4.69) is 5.32 Å². The van der Waals surface area contributed by atoms with E-state index in [9.17, 15) is 14.4 Å². The molecule has 0 unspecified atom stereocenters. The van der Waals surface area contributed by atoms with E-state index in [4.69, 9.17) is 10.5 Å². The van der Waals surface area contributed by atoms with E-state index in [1.807, 2.05) is 13.8 Å². The summed E-state index contributed by atoms with van der Waals surface area (Å²) >= 11 is 0. The van der Waals surface area contributed by atoms with Gasteiger partial charge in [0.2, 0.25) is 11.8 Å². The Morgan fingerprint density at radius 3 is 2.28 bits per heavy atom. The third-order valence-corrected chi connectivity index (χ3v) is 2.70. The standard InChI is InChI=1S/C12H22N2O4/c1-4-8(3)11(12(13)17)14-9(15)6-7-10(16)18-5-2/h8,11H,4-7H2,1-3H3,(H2,13,17)(H,14,15)/t8-,11+/m0/s1. The number of ether oxygens (including phenoxy) is 1. The maximum Gasteiger partial charge on any atom is 0.306 e. The van der Waals surface area contributed by atoms with Crippen molar-refractivity contribution in [3.8, 4) is 0 Å². The van der Waals surface area contributed by atoms with Crippen molar-refractivity contribution in [2.75, 3.05) is 6.61 Å². The van der Waals surface area contributed by atoms with E-state index in [1.165, 1.54) is 0 Å². The fourth-order valence-corrected chi connectivity index (χ4v) is 1.42. The SMILES string of the molecule is CCOC(=O)CCC(=O)N[C@@H](C(N)=O)[C@@H](C)CC. The van der Waals surface area contributed by atoms with E-state index in [1.54, 1.807) is 6.92 Å². The topological polar surface area (TPSA) is 98.5 Å². The molecule has 2 atom stereocenters. The van der Waals surface area contributed by atoms with Gasteiger partial charge in [0.15, 0.2) is 0 Å². The first-order chi connectivity index (χ1) is 8.42. The molecule has 0 spiro atoms. The molecule has 0 aromatic heterocycles. The number of carbonyl (C=O) groups excluding carboxylic acids is 3. The predicted molar refractivity (Wildman–Crippen MR) is 66.4 cm³/mol. The molecular weight excluding hydrogens is 236 g/mol. The van der Waals surface area contributed by atoms with Gasteiger partial charge in [0.05, 0.1) is 13.0 Å². The predicted octanol–water partition coefficient (Wildman–Crippen LogP) is 0.346. The third-order valence-electron chi connectivity index (χ3n) is 2.70. The Morgan fingerprint density at radius 2 is 1.83 bits per heavy atom. The fourth-order valence-electron chi connectivity index (χ4n) is 1.42. The molecule has 104 valence electrons. The van der Waals surface area contributed by atoms with Gasteiger partial charge in [-0.1, -0.05) is 20.3 Å². The molecule has 18 heavy (non-hydrogen) atoms. The monoisotopic (exact) mass is 258 g/mol. The summed E-state index contributed by atoms with van der Waals surface area (Å²) in [5, 5.41) is 2.54. The highest BCUT2D eigenvalue weighted by Crippen LogP contribution is 2.07. The first-order valence-electron chi connectivity index (χ1n) is 6.16. The number of primary amides is 1. The van der Waals surface area contributed by atoms with Gasteiger partial charge in [-0.15, -0.1) is 0 Å². The van der Waals surface area contributed by atoms with Gasteiger partial charge in [0, 0.05) is 6.42 Å². The molecule has 6 heteroatoms. The van der Waals surface area contributed by atoms with Gasteiger partial charge in [0.25, 0.3) is 0 Å². The number of nitrogens with two attached hydrogens (primary N) is 1. The van der Waals surface area contributed by atoms with Crippen LogP contribution in [0.1, 0.15) is 40.0 Å². The zero-order valence-electron chi connectivity index (χ0n) is 11.2. The van der Waals surface area contributed by atoms with Crippen molar-refractivity contribution in [3.63, 3.8) is 0 Å². The number of rotatable bonds is 8. The number of hydrogen-bond acceptors (Lipinski definition) is 4. The van der Waals surface area contributed by atoms with Crippen LogP contribution in [0.2, 0.25) is 0 Å². The Labute approximate surface area is 107 Å². The maximum absolute atomic E-state index is 11.6. The molecule has 0 radical (unpaired) electrons. The molecule has 0 aliphatic rings. The second-order valence-corrected chi connectivity index (χ2v) is 4.14. The summed E-state index contributed by atoms with van der Waals surface area (Å²) in [5.41, 5.74) is 5.22. The quantitative estimate of drug-likeness (QED) is 0.613. The molecule has 6 nitrogen and oxygen atoms in total. The lowest BCUT2D eigenvalue weighted by molar-refractivity contribution is -0.144. The van der Waals surface area contributed by atoms with E-state index in [-0.39, 0.29) is 31.3 Å². The molecule has 0 bridgehead atoms. The molecule has 2 amide bonds. The lowest BCUT2D eigenvalue weighted by Crippen LogP contribution is -2.48. The molecule has 0 rings (SSSR count). The van der Waals surface area contributed by atoms with Crippen molar-refractivity contribution < 1.29 is 19.1 Å². The minimum atomic E-state index is -0.690. The number of hydrogen-bond donors (Lipinski definition) is 2. The molecule has 0 aromatic rings. The van der Waals surface area contributed by atoms with Gasteiger partial charge in [-0.05, 0) is 12.8 Å². The number of amides is 2. The molecule has 0 heterocycles. The average molecular weight is 258 g/mol. The summed E-state index contributed by atoms with van der Waals surface area (Å²) in [6, 6.07) is -0.690. The van der Waals surface area contributed by atoms with E-state index in [0.29, 0.717) is 0 Å². The van der Waals surface area contributed by atoms with Crippen LogP contribution in [0.3, 0.4) is 0 Å². The van der Waals surface area contributed by atoms with Gasteiger partial charge in [0.1, 0.15) is 6.04 Å². The van der Waals surface area contributed by atoms with Gasteiger partial charge in [-0.25, -0.2) is 0 Å². The Kier molecular flexibility index (Phi) is 7.74. The third kappa shape index (κ3) is 6.22. The Morgan fingerprint density at radius 1 is 1.22 bits per heavy atom. The summed E-state index contributed by atoms with van der Waals surface area (Å²) in [5.74, 6) is -1.39. The summed E-state index contributed by atoms with van der Waals surface area (Å²) in [6.45, 7) is 5.73. The second-order valence-electron chi connectivity index (χ2n) is 4.14. The molecule has 3 N–H and O–H groups in total. The molecule has 0 fully saturated rings. The highest BCUT2D eigenvalue weighted by atomic mass is 16.5. The van der Waals surface area contributed by atoms with E-state index >= 15 is 0 Å². The van der Waals surface area contributed by atoms with Crippen molar-refractivity contribution in [2.45, 2.75) is 46.1 Å². The Hall–Kier alpha value is -1.59. The van der Waals surface area contributed by atoms with Crippen LogP contribution < -0.4 is 11.1 Å². The zero-order valence-corrected chi connectivity index (χ0v) is 11.2. The molecule has 0 saturated heterocycles. The van der Waals surface area contributed by atoms with Crippen LogP contribution in [0.25, 0.3) is 0 Å². The normalized spacial score (nSPS) is 13.5. The largest absolute Gasteiger partial charge is 0.466 e. The summed E-state index contributed by atoms with van der Waals surface area (Å²) in [7, 11) is 0. The van der Waals surface area contributed by atoms with Gasteiger partial charge >= 0.3 is 5.97 Å². The van der Waals surface area contributed by atoms with Crippen molar-refractivity contribution in [2.24, 2.45) is 11.7 Å². The summed E-state index contributed by atoms with van der Waals surface area (Å²) in [6.07, 6.45) is 0.733. The Bertz CT molecular complexity index is 304. The van der Waals surface area contributed by atoms with Crippen LogP contribution in [0.15, 0.2) is 0 Å².